The van der Waals surface area contributed by atoms with Gasteiger partial charge in [-0.3, -0.25) is 4.79 Å². The molecule has 2 aliphatic heterocycles. The van der Waals surface area contributed by atoms with E-state index in [0.717, 1.165) is 36.8 Å². The Morgan fingerprint density at radius 2 is 2.17 bits per heavy atom. The molecule has 2 fully saturated rings. The molecule has 2 aromatic heterocycles. The first-order valence-corrected chi connectivity index (χ1v) is 9.20. The fourth-order valence-electron chi connectivity index (χ4n) is 3.64. The molecule has 2 aromatic rings. The maximum absolute atomic E-state index is 12.8. The molecule has 4 heterocycles. The standard InChI is InChI=1S/C18H21N3O2S/c22-17(15-4-3-11-24-15)21-9-10-23-14-18(13-21)6-8-20(12-18)16-5-1-2-7-19-16/h1-5,7,11H,6,8-10,12-14H2/t18-/m0/s1. The smallest absolute Gasteiger partial charge is 0.264 e. The summed E-state index contributed by atoms with van der Waals surface area (Å²) in [6, 6.07) is 9.83. The number of rotatable bonds is 2. The average molecular weight is 343 g/mol. The molecule has 126 valence electrons. The highest BCUT2D eigenvalue weighted by Crippen LogP contribution is 2.35. The number of carbonyl (C=O) groups excluding carboxylic acids is 1. The third-order valence-corrected chi connectivity index (χ3v) is 5.73. The minimum absolute atomic E-state index is 0.000933. The van der Waals surface area contributed by atoms with Crippen LogP contribution in [0.2, 0.25) is 0 Å². The lowest BCUT2D eigenvalue weighted by Crippen LogP contribution is -2.43. The topological polar surface area (TPSA) is 45.7 Å². The molecule has 4 rings (SSSR count). The van der Waals surface area contributed by atoms with Crippen LogP contribution in [0.1, 0.15) is 16.1 Å². The van der Waals surface area contributed by atoms with Crippen molar-refractivity contribution in [2.24, 2.45) is 5.41 Å². The quantitative estimate of drug-likeness (QED) is 0.841. The molecule has 0 aliphatic carbocycles. The molecule has 2 aliphatic rings. The van der Waals surface area contributed by atoms with Gasteiger partial charge < -0.3 is 14.5 Å². The summed E-state index contributed by atoms with van der Waals surface area (Å²) in [5, 5.41) is 1.95. The number of amides is 1. The monoisotopic (exact) mass is 343 g/mol. The summed E-state index contributed by atoms with van der Waals surface area (Å²) in [6.45, 7) is 4.60. The van der Waals surface area contributed by atoms with Gasteiger partial charge in [-0.1, -0.05) is 12.1 Å². The molecule has 0 N–H and O–H groups in total. The van der Waals surface area contributed by atoms with E-state index in [0.29, 0.717) is 19.8 Å². The first kappa shape index (κ1) is 15.6. The number of aromatic nitrogens is 1. The van der Waals surface area contributed by atoms with Gasteiger partial charge in [-0.2, -0.15) is 0 Å². The maximum Gasteiger partial charge on any atom is 0.264 e. The van der Waals surface area contributed by atoms with Crippen molar-refractivity contribution in [1.29, 1.82) is 0 Å². The van der Waals surface area contributed by atoms with E-state index in [4.69, 9.17) is 4.74 Å². The van der Waals surface area contributed by atoms with Gasteiger partial charge in [0.1, 0.15) is 5.82 Å². The van der Waals surface area contributed by atoms with E-state index in [1.165, 1.54) is 11.3 Å². The summed E-state index contributed by atoms with van der Waals surface area (Å²) < 4.78 is 5.88. The number of pyridine rings is 1. The van der Waals surface area contributed by atoms with E-state index in [-0.39, 0.29) is 11.3 Å². The highest BCUT2D eigenvalue weighted by atomic mass is 32.1. The zero-order chi connectivity index (χ0) is 16.4. The number of anilines is 1. The molecule has 0 unspecified atom stereocenters. The van der Waals surface area contributed by atoms with Crippen molar-refractivity contribution in [2.75, 3.05) is 44.3 Å². The van der Waals surface area contributed by atoms with Crippen molar-refractivity contribution in [2.45, 2.75) is 6.42 Å². The van der Waals surface area contributed by atoms with E-state index in [1.807, 2.05) is 46.8 Å². The van der Waals surface area contributed by atoms with E-state index in [2.05, 4.69) is 9.88 Å². The maximum atomic E-state index is 12.8. The highest BCUT2D eigenvalue weighted by molar-refractivity contribution is 7.12. The zero-order valence-corrected chi connectivity index (χ0v) is 14.4. The van der Waals surface area contributed by atoms with Crippen LogP contribution in [0.3, 0.4) is 0 Å². The van der Waals surface area contributed by atoms with Gasteiger partial charge in [0, 0.05) is 37.8 Å². The molecule has 1 amide bonds. The van der Waals surface area contributed by atoms with Crippen molar-refractivity contribution in [3.8, 4) is 0 Å². The second-order valence-electron chi connectivity index (χ2n) is 6.62. The number of ether oxygens (including phenoxy) is 1. The first-order valence-electron chi connectivity index (χ1n) is 8.32. The Labute approximate surface area is 145 Å². The Hall–Kier alpha value is -1.92. The van der Waals surface area contributed by atoms with Crippen LogP contribution in [0.5, 0.6) is 0 Å². The summed E-state index contributed by atoms with van der Waals surface area (Å²) in [4.78, 5) is 22.3. The van der Waals surface area contributed by atoms with Crippen molar-refractivity contribution in [3.63, 3.8) is 0 Å². The third kappa shape index (κ3) is 3.03. The van der Waals surface area contributed by atoms with Gasteiger partial charge >= 0.3 is 0 Å². The van der Waals surface area contributed by atoms with Crippen LogP contribution in [-0.4, -0.2) is 55.2 Å². The minimum atomic E-state index is 0.000933. The van der Waals surface area contributed by atoms with Crippen LogP contribution in [0.4, 0.5) is 5.82 Å². The minimum Gasteiger partial charge on any atom is -0.379 e. The molecule has 6 heteroatoms. The summed E-state index contributed by atoms with van der Waals surface area (Å²) in [5.74, 6) is 1.14. The summed E-state index contributed by atoms with van der Waals surface area (Å²) in [5.41, 5.74) is 0.000933. The second-order valence-corrected chi connectivity index (χ2v) is 7.56. The van der Waals surface area contributed by atoms with Crippen LogP contribution < -0.4 is 4.90 Å². The average Bonchev–Trinajstić information content (AvgIpc) is 3.24. The van der Waals surface area contributed by atoms with Gasteiger partial charge in [0.05, 0.1) is 18.1 Å². The van der Waals surface area contributed by atoms with Crippen molar-refractivity contribution in [3.05, 3.63) is 46.8 Å². The molecule has 0 radical (unpaired) electrons. The fourth-order valence-corrected chi connectivity index (χ4v) is 4.33. The molecule has 0 saturated carbocycles. The molecule has 24 heavy (non-hydrogen) atoms. The lowest BCUT2D eigenvalue weighted by atomic mass is 9.87. The molecule has 0 aromatic carbocycles. The number of carbonyl (C=O) groups is 1. The van der Waals surface area contributed by atoms with Crippen LogP contribution >= 0.6 is 11.3 Å². The number of thiophene rings is 1. The number of nitrogens with zero attached hydrogens (tertiary/aromatic N) is 3. The second kappa shape index (κ2) is 6.53. The summed E-state index contributed by atoms with van der Waals surface area (Å²) in [6.07, 6.45) is 2.86. The van der Waals surface area contributed by atoms with Gasteiger partial charge in [-0.05, 0) is 30.0 Å². The van der Waals surface area contributed by atoms with Crippen LogP contribution in [0.15, 0.2) is 41.9 Å². The lowest BCUT2D eigenvalue weighted by Gasteiger charge is -2.31. The van der Waals surface area contributed by atoms with E-state index < -0.39 is 0 Å². The van der Waals surface area contributed by atoms with E-state index in [1.54, 1.807) is 0 Å². The van der Waals surface area contributed by atoms with Gasteiger partial charge in [0.15, 0.2) is 0 Å². The summed E-state index contributed by atoms with van der Waals surface area (Å²) >= 11 is 1.51. The SMILES string of the molecule is O=C(c1cccs1)N1CCOC[C@]2(CCN(c3ccccn3)C2)C1. The normalized spacial score (nSPS) is 24.3. The Kier molecular flexibility index (Phi) is 4.24. The first-order chi connectivity index (χ1) is 11.8. The lowest BCUT2D eigenvalue weighted by molar-refractivity contribution is 0.0695. The van der Waals surface area contributed by atoms with Gasteiger partial charge in [0.25, 0.3) is 5.91 Å². The van der Waals surface area contributed by atoms with Crippen molar-refractivity contribution < 1.29 is 9.53 Å². The Bertz CT molecular complexity index is 692. The van der Waals surface area contributed by atoms with Crippen LogP contribution in [-0.2, 0) is 4.74 Å². The van der Waals surface area contributed by atoms with Crippen molar-refractivity contribution >= 4 is 23.1 Å². The molecule has 2 saturated heterocycles. The van der Waals surface area contributed by atoms with E-state index in [9.17, 15) is 4.79 Å². The molecule has 1 atom stereocenters. The van der Waals surface area contributed by atoms with Gasteiger partial charge in [-0.15, -0.1) is 11.3 Å². The van der Waals surface area contributed by atoms with Gasteiger partial charge in [0.2, 0.25) is 0 Å². The molecular weight excluding hydrogens is 322 g/mol. The predicted molar refractivity (Wildman–Crippen MR) is 94.5 cm³/mol. The summed E-state index contributed by atoms with van der Waals surface area (Å²) in [7, 11) is 0. The van der Waals surface area contributed by atoms with Gasteiger partial charge in [-0.25, -0.2) is 4.98 Å². The molecular formula is C18H21N3O2S. The van der Waals surface area contributed by atoms with Crippen LogP contribution in [0, 0.1) is 5.41 Å². The van der Waals surface area contributed by atoms with Crippen LogP contribution in [0.25, 0.3) is 0 Å². The largest absolute Gasteiger partial charge is 0.379 e. The zero-order valence-electron chi connectivity index (χ0n) is 13.6. The molecule has 1 spiro atoms. The Morgan fingerprint density at radius 1 is 1.21 bits per heavy atom. The Balaban J connectivity index is 1.51. The van der Waals surface area contributed by atoms with E-state index >= 15 is 0 Å². The fraction of sp³-hybridized carbons (Fsp3) is 0.444. The predicted octanol–water partition coefficient (Wildman–Crippen LogP) is 2.51. The third-order valence-electron chi connectivity index (χ3n) is 4.87. The highest BCUT2D eigenvalue weighted by Gasteiger charge is 2.42. The molecule has 0 bridgehead atoms. The number of hydrogen-bond acceptors (Lipinski definition) is 5. The number of hydrogen-bond donors (Lipinski definition) is 0. The molecule has 5 nitrogen and oxygen atoms in total. The van der Waals surface area contributed by atoms with Crippen molar-refractivity contribution in [1.82, 2.24) is 9.88 Å². The Morgan fingerprint density at radius 3 is 2.96 bits per heavy atom.